The highest BCUT2D eigenvalue weighted by Gasteiger charge is 2.04. The minimum absolute atomic E-state index is 0.325. The molecule has 1 N–H and O–H groups in total. The van der Waals surface area contributed by atoms with E-state index >= 15 is 0 Å². The quantitative estimate of drug-likeness (QED) is 0.601. The predicted octanol–water partition coefficient (Wildman–Crippen LogP) is 1.95. The number of nitro groups is 1. The van der Waals surface area contributed by atoms with Gasteiger partial charge in [-0.15, -0.1) is 5.43 Å². The van der Waals surface area contributed by atoms with E-state index < -0.39 is 5.03 Å². The maximum atomic E-state index is 10.1. The standard InChI is InChI=1S/C7H7ClN2O3/c1-13-7-4-5(9-10(11)12)2-3-6(7)8/h2-4,9H,1H3. The number of hydrazine groups is 1. The van der Waals surface area contributed by atoms with Gasteiger partial charge in [-0.25, -0.2) is 10.1 Å². The van der Waals surface area contributed by atoms with Gasteiger partial charge in [0.2, 0.25) is 0 Å². The fraction of sp³-hybridized carbons (Fsp3) is 0.143. The molecule has 0 aliphatic heterocycles. The van der Waals surface area contributed by atoms with Gasteiger partial charge in [0.15, 0.2) is 5.03 Å². The Morgan fingerprint density at radius 1 is 1.62 bits per heavy atom. The molecule has 0 spiro atoms. The topological polar surface area (TPSA) is 64.4 Å². The van der Waals surface area contributed by atoms with Crippen molar-refractivity contribution < 1.29 is 9.77 Å². The van der Waals surface area contributed by atoms with Crippen molar-refractivity contribution in [1.29, 1.82) is 0 Å². The minimum Gasteiger partial charge on any atom is -0.495 e. The Morgan fingerprint density at radius 2 is 2.31 bits per heavy atom. The van der Waals surface area contributed by atoms with Gasteiger partial charge in [-0.3, -0.25) is 0 Å². The highest BCUT2D eigenvalue weighted by molar-refractivity contribution is 6.32. The first-order chi connectivity index (χ1) is 6.13. The summed E-state index contributed by atoms with van der Waals surface area (Å²) in [7, 11) is 1.44. The summed E-state index contributed by atoms with van der Waals surface area (Å²) in [4.78, 5) is 10.1. The second-order valence-electron chi connectivity index (χ2n) is 2.22. The van der Waals surface area contributed by atoms with Crippen molar-refractivity contribution in [3.8, 4) is 5.75 Å². The molecule has 13 heavy (non-hydrogen) atoms. The number of ether oxygens (including phenoxy) is 1. The first kappa shape index (κ1) is 9.60. The average molecular weight is 203 g/mol. The predicted molar refractivity (Wildman–Crippen MR) is 48.6 cm³/mol. The van der Waals surface area contributed by atoms with Crippen molar-refractivity contribution in [2.45, 2.75) is 0 Å². The Balaban J connectivity index is 2.92. The van der Waals surface area contributed by atoms with Crippen molar-refractivity contribution in [3.05, 3.63) is 33.3 Å². The van der Waals surface area contributed by atoms with Crippen LogP contribution in [0.4, 0.5) is 5.69 Å². The van der Waals surface area contributed by atoms with Crippen LogP contribution in [-0.4, -0.2) is 12.1 Å². The molecular weight excluding hydrogens is 196 g/mol. The Morgan fingerprint density at radius 3 is 2.85 bits per heavy atom. The van der Waals surface area contributed by atoms with Crippen LogP contribution in [0, 0.1) is 10.1 Å². The van der Waals surface area contributed by atoms with Gasteiger partial charge < -0.3 is 4.74 Å². The Hall–Kier alpha value is -1.49. The first-order valence-electron chi connectivity index (χ1n) is 3.38. The Kier molecular flexibility index (Phi) is 2.92. The molecule has 5 nitrogen and oxygen atoms in total. The maximum absolute atomic E-state index is 10.1. The van der Waals surface area contributed by atoms with Crippen molar-refractivity contribution in [2.24, 2.45) is 0 Å². The molecule has 0 saturated carbocycles. The van der Waals surface area contributed by atoms with Gasteiger partial charge in [0.05, 0.1) is 12.1 Å². The van der Waals surface area contributed by atoms with E-state index in [1.807, 2.05) is 5.43 Å². The van der Waals surface area contributed by atoms with Crippen LogP contribution in [-0.2, 0) is 0 Å². The molecule has 6 heteroatoms. The number of nitrogens with zero attached hydrogens (tertiary/aromatic N) is 1. The molecule has 1 aromatic rings. The second kappa shape index (κ2) is 3.95. The molecule has 1 aromatic carbocycles. The summed E-state index contributed by atoms with van der Waals surface area (Å²) in [5.74, 6) is 0.397. The summed E-state index contributed by atoms with van der Waals surface area (Å²) < 4.78 is 4.87. The molecule has 1 rings (SSSR count). The van der Waals surface area contributed by atoms with Crippen LogP contribution >= 0.6 is 11.6 Å². The number of benzene rings is 1. The first-order valence-corrected chi connectivity index (χ1v) is 3.76. The van der Waals surface area contributed by atoms with Gasteiger partial charge in [-0.05, 0) is 12.1 Å². The van der Waals surface area contributed by atoms with Crippen molar-refractivity contribution >= 4 is 17.3 Å². The summed E-state index contributed by atoms with van der Waals surface area (Å²) in [6.45, 7) is 0. The minimum atomic E-state index is -0.650. The average Bonchev–Trinajstić information content (AvgIpc) is 2.07. The fourth-order valence-corrected chi connectivity index (χ4v) is 1.03. The molecular formula is C7H7ClN2O3. The molecule has 0 fully saturated rings. The van der Waals surface area contributed by atoms with Gasteiger partial charge in [-0.2, -0.15) is 0 Å². The number of hydrogen-bond donors (Lipinski definition) is 1. The SMILES string of the molecule is COc1cc(N[N+](=O)[O-])ccc1Cl. The van der Waals surface area contributed by atoms with Crippen LogP contribution in [0.5, 0.6) is 5.75 Å². The zero-order valence-corrected chi connectivity index (χ0v) is 7.54. The van der Waals surface area contributed by atoms with E-state index in [0.717, 1.165) is 0 Å². The van der Waals surface area contributed by atoms with Crippen LogP contribution in [0.2, 0.25) is 5.02 Å². The molecule has 0 aliphatic rings. The van der Waals surface area contributed by atoms with Crippen LogP contribution in [0.25, 0.3) is 0 Å². The van der Waals surface area contributed by atoms with Gasteiger partial charge in [0.25, 0.3) is 0 Å². The Bertz CT molecular complexity index is 330. The van der Waals surface area contributed by atoms with Crippen molar-refractivity contribution in [3.63, 3.8) is 0 Å². The summed E-state index contributed by atoms with van der Waals surface area (Å²) >= 11 is 5.71. The molecule has 0 aliphatic carbocycles. The van der Waals surface area contributed by atoms with E-state index in [2.05, 4.69) is 0 Å². The summed E-state index contributed by atoms with van der Waals surface area (Å²) in [6, 6.07) is 4.46. The Labute approximate surface area is 79.4 Å². The van der Waals surface area contributed by atoms with Crippen molar-refractivity contribution in [1.82, 2.24) is 0 Å². The van der Waals surface area contributed by atoms with Crippen LogP contribution in [0.1, 0.15) is 0 Å². The van der Waals surface area contributed by atoms with Crippen molar-refractivity contribution in [2.75, 3.05) is 12.5 Å². The summed E-state index contributed by atoms with van der Waals surface area (Å²) in [5.41, 5.74) is 2.32. The van der Waals surface area contributed by atoms with Gasteiger partial charge in [0.1, 0.15) is 11.4 Å². The number of rotatable bonds is 3. The van der Waals surface area contributed by atoms with E-state index in [1.54, 1.807) is 0 Å². The normalized spacial score (nSPS) is 9.38. The van der Waals surface area contributed by atoms with E-state index in [9.17, 15) is 10.1 Å². The molecule has 0 aromatic heterocycles. The lowest BCUT2D eigenvalue weighted by Crippen LogP contribution is -2.07. The third kappa shape index (κ3) is 2.48. The number of halogens is 1. The zero-order valence-electron chi connectivity index (χ0n) is 6.78. The molecule has 0 saturated heterocycles. The monoisotopic (exact) mass is 202 g/mol. The van der Waals surface area contributed by atoms with E-state index in [0.29, 0.717) is 16.5 Å². The number of methoxy groups -OCH3 is 1. The molecule has 0 unspecified atom stereocenters. The van der Waals surface area contributed by atoms with Gasteiger partial charge in [0, 0.05) is 6.07 Å². The van der Waals surface area contributed by atoms with E-state index in [4.69, 9.17) is 16.3 Å². The van der Waals surface area contributed by atoms with Crippen LogP contribution < -0.4 is 10.2 Å². The third-order valence-electron chi connectivity index (χ3n) is 1.37. The van der Waals surface area contributed by atoms with E-state index in [1.165, 1.54) is 25.3 Å². The third-order valence-corrected chi connectivity index (χ3v) is 1.68. The molecule has 0 radical (unpaired) electrons. The lowest BCUT2D eigenvalue weighted by molar-refractivity contribution is -0.445. The fourth-order valence-electron chi connectivity index (χ4n) is 0.835. The zero-order chi connectivity index (χ0) is 9.84. The number of hydrogen-bond acceptors (Lipinski definition) is 3. The lowest BCUT2D eigenvalue weighted by Gasteiger charge is -2.03. The van der Waals surface area contributed by atoms with Gasteiger partial charge >= 0.3 is 0 Å². The highest BCUT2D eigenvalue weighted by atomic mass is 35.5. The molecule has 0 heterocycles. The lowest BCUT2D eigenvalue weighted by atomic mass is 10.3. The van der Waals surface area contributed by atoms with Gasteiger partial charge in [-0.1, -0.05) is 11.6 Å². The van der Waals surface area contributed by atoms with Crippen LogP contribution in [0.15, 0.2) is 18.2 Å². The largest absolute Gasteiger partial charge is 0.495 e. The molecule has 0 amide bonds. The summed E-state index contributed by atoms with van der Waals surface area (Å²) in [5, 5.41) is 9.84. The molecule has 0 bridgehead atoms. The number of anilines is 1. The van der Waals surface area contributed by atoms with Crippen LogP contribution in [0.3, 0.4) is 0 Å². The van der Waals surface area contributed by atoms with E-state index in [-0.39, 0.29) is 0 Å². The summed E-state index contributed by atoms with van der Waals surface area (Å²) in [6.07, 6.45) is 0. The number of nitrogens with one attached hydrogen (secondary N) is 1. The highest BCUT2D eigenvalue weighted by Crippen LogP contribution is 2.27. The molecule has 0 atom stereocenters. The second-order valence-corrected chi connectivity index (χ2v) is 2.63. The molecule has 70 valence electrons. The maximum Gasteiger partial charge on any atom is 0.162 e. The smallest absolute Gasteiger partial charge is 0.162 e.